The van der Waals surface area contributed by atoms with Crippen molar-refractivity contribution in [3.63, 3.8) is 0 Å². The van der Waals surface area contributed by atoms with Crippen LogP contribution in [0.25, 0.3) is 11.1 Å². The predicted octanol–water partition coefficient (Wildman–Crippen LogP) is 7.40. The van der Waals surface area contributed by atoms with Crippen molar-refractivity contribution in [1.29, 1.82) is 0 Å². The average molecular weight is 550 g/mol. The van der Waals surface area contributed by atoms with E-state index in [4.69, 9.17) is 25.8 Å². The maximum absolute atomic E-state index is 11.7. The summed E-state index contributed by atoms with van der Waals surface area (Å²) in [6.07, 6.45) is 5.08. The molecule has 1 fully saturated rings. The Hall–Kier alpha value is -3.09. The Morgan fingerprint density at radius 2 is 1.95 bits per heavy atom. The van der Waals surface area contributed by atoms with E-state index in [0.29, 0.717) is 17.5 Å². The van der Waals surface area contributed by atoms with Gasteiger partial charge in [-0.15, -0.1) is 0 Å². The lowest BCUT2D eigenvalue weighted by Crippen LogP contribution is -2.21. The number of benzene rings is 2. The highest BCUT2D eigenvalue weighted by molar-refractivity contribution is 6.33. The number of pyridine rings is 1. The Balaban J connectivity index is 1.46. The number of ether oxygens (including phenoxy) is 3. The first kappa shape index (κ1) is 27.5. The molecule has 0 aliphatic heterocycles. The molecule has 0 amide bonds. The Labute approximate surface area is 235 Å². The first-order chi connectivity index (χ1) is 18.6. The lowest BCUT2D eigenvalue weighted by Gasteiger charge is -2.32. The number of halogens is 1. The number of aromatic nitrogens is 1. The fourth-order valence-electron chi connectivity index (χ4n) is 6.27. The molecule has 206 valence electrons. The monoisotopic (exact) mass is 549 g/mol. The number of carboxylic acid groups (broad SMARTS) is 1. The number of rotatable bonds is 8. The molecule has 2 aromatic carbocycles. The number of methoxy groups -OCH3 is 2. The lowest BCUT2D eigenvalue weighted by molar-refractivity contribution is -0.139. The van der Waals surface area contributed by atoms with E-state index in [0.717, 1.165) is 59.3 Å². The lowest BCUT2D eigenvalue weighted by atomic mass is 9.78. The highest BCUT2D eigenvalue weighted by atomic mass is 35.5. The third-order valence-corrected chi connectivity index (χ3v) is 8.52. The molecular weight excluding hydrogens is 514 g/mol. The number of carboxylic acids is 1. The minimum atomic E-state index is -0.694. The van der Waals surface area contributed by atoms with Crippen molar-refractivity contribution in [3.8, 4) is 22.8 Å². The highest BCUT2D eigenvalue weighted by Gasteiger charge is 2.60. The zero-order chi connectivity index (χ0) is 27.9. The van der Waals surface area contributed by atoms with E-state index < -0.39 is 5.97 Å². The predicted molar refractivity (Wildman–Crippen MR) is 152 cm³/mol. The van der Waals surface area contributed by atoms with E-state index >= 15 is 0 Å². The summed E-state index contributed by atoms with van der Waals surface area (Å²) in [7, 11) is 3.31. The largest absolute Gasteiger partial charge is 0.489 e. The van der Waals surface area contributed by atoms with Crippen molar-refractivity contribution in [2.75, 3.05) is 14.2 Å². The maximum Gasteiger partial charge on any atom is 0.307 e. The van der Waals surface area contributed by atoms with Gasteiger partial charge in [0.25, 0.3) is 0 Å². The third-order valence-electron chi connectivity index (χ3n) is 8.22. The molecule has 3 aromatic rings. The molecule has 39 heavy (non-hydrogen) atoms. The minimum absolute atomic E-state index is 0.176. The topological polar surface area (TPSA) is 77.9 Å². The van der Waals surface area contributed by atoms with E-state index in [9.17, 15) is 9.90 Å². The second-order valence-corrected chi connectivity index (χ2v) is 12.2. The summed E-state index contributed by atoms with van der Waals surface area (Å²) in [6.45, 7) is 6.81. The van der Waals surface area contributed by atoms with Crippen LogP contribution in [0.2, 0.25) is 5.02 Å². The van der Waals surface area contributed by atoms with Gasteiger partial charge in [0.05, 0.1) is 30.4 Å². The van der Waals surface area contributed by atoms with Crippen molar-refractivity contribution >= 4 is 17.6 Å². The Kier molecular flexibility index (Phi) is 7.38. The summed E-state index contributed by atoms with van der Waals surface area (Å²) >= 11 is 6.60. The Bertz CT molecular complexity index is 1400. The van der Waals surface area contributed by atoms with Crippen LogP contribution < -0.4 is 9.47 Å². The average Bonchev–Trinajstić information content (AvgIpc) is 3.63. The number of aliphatic carboxylic acids is 1. The molecule has 2 aliphatic carbocycles. The summed E-state index contributed by atoms with van der Waals surface area (Å²) in [4.78, 5) is 16.0. The van der Waals surface area contributed by atoms with Gasteiger partial charge in [-0.3, -0.25) is 4.79 Å². The summed E-state index contributed by atoms with van der Waals surface area (Å²) in [6, 6.07) is 14.2. The third kappa shape index (κ3) is 5.24. The van der Waals surface area contributed by atoms with Gasteiger partial charge in [0.2, 0.25) is 5.88 Å². The number of carbonyl (C=O) groups is 1. The second kappa shape index (κ2) is 10.5. The van der Waals surface area contributed by atoms with Crippen molar-refractivity contribution in [3.05, 3.63) is 75.9 Å². The Morgan fingerprint density at radius 3 is 2.62 bits per heavy atom. The molecule has 1 aromatic heterocycles. The molecule has 0 bridgehead atoms. The molecule has 3 unspecified atom stereocenters. The van der Waals surface area contributed by atoms with Crippen LogP contribution in [0.15, 0.2) is 48.7 Å². The standard InChI is InChI=1S/C32H36ClNO5/c1-31(2,3)29(38-5)24-13-19(8-11-22(24)23-15-28(37-4)34-17-27(23)33)18-39-21-10-9-20-7-6-12-32(25(20)14-21)16-26(32)30(35)36/h8-11,13-15,17,26,29H,6-7,12,16,18H2,1-5H3,(H,35,36). The van der Waals surface area contributed by atoms with Crippen molar-refractivity contribution in [2.45, 2.75) is 64.6 Å². The quantitative estimate of drug-likeness (QED) is 0.315. The van der Waals surface area contributed by atoms with Gasteiger partial charge in [0, 0.05) is 24.2 Å². The molecule has 7 heteroatoms. The van der Waals surface area contributed by atoms with Gasteiger partial charge in [0.15, 0.2) is 0 Å². The van der Waals surface area contributed by atoms with Crippen LogP contribution in [0, 0.1) is 11.3 Å². The van der Waals surface area contributed by atoms with E-state index in [2.05, 4.69) is 50.0 Å². The highest BCUT2D eigenvalue weighted by Crippen LogP contribution is 2.60. The normalized spacial score (nSPS) is 20.8. The van der Waals surface area contributed by atoms with Crippen LogP contribution in [0.3, 0.4) is 0 Å². The summed E-state index contributed by atoms with van der Waals surface area (Å²) < 4.78 is 17.7. The van der Waals surface area contributed by atoms with Crippen LogP contribution in [0.1, 0.15) is 68.4 Å². The van der Waals surface area contributed by atoms with Gasteiger partial charge >= 0.3 is 5.97 Å². The van der Waals surface area contributed by atoms with Crippen molar-refractivity contribution < 1.29 is 24.1 Å². The fourth-order valence-corrected chi connectivity index (χ4v) is 6.48. The van der Waals surface area contributed by atoms with E-state index in [1.54, 1.807) is 20.4 Å². The maximum atomic E-state index is 11.7. The van der Waals surface area contributed by atoms with Gasteiger partial charge in [-0.05, 0) is 77.1 Å². The smallest absolute Gasteiger partial charge is 0.307 e. The molecule has 6 nitrogen and oxygen atoms in total. The molecule has 5 rings (SSSR count). The van der Waals surface area contributed by atoms with Crippen molar-refractivity contribution in [1.82, 2.24) is 4.98 Å². The fraction of sp³-hybridized carbons (Fsp3) is 0.438. The molecule has 2 aliphatic rings. The van der Waals surface area contributed by atoms with Crippen LogP contribution in [-0.2, 0) is 28.0 Å². The van der Waals surface area contributed by atoms with Gasteiger partial charge in [0.1, 0.15) is 12.4 Å². The zero-order valence-corrected chi connectivity index (χ0v) is 24.0. The van der Waals surface area contributed by atoms with E-state index in [-0.39, 0.29) is 22.9 Å². The molecule has 3 atom stereocenters. The summed E-state index contributed by atoms with van der Waals surface area (Å²) in [5.41, 5.74) is 5.80. The molecule has 1 spiro atoms. The van der Waals surface area contributed by atoms with Crippen LogP contribution in [-0.4, -0.2) is 30.3 Å². The Morgan fingerprint density at radius 1 is 1.15 bits per heavy atom. The van der Waals surface area contributed by atoms with Gasteiger partial charge in [-0.25, -0.2) is 4.98 Å². The summed E-state index contributed by atoms with van der Waals surface area (Å²) in [5.74, 6) is 0.269. The number of nitrogens with zero attached hydrogens (tertiary/aromatic N) is 1. The van der Waals surface area contributed by atoms with E-state index in [1.807, 2.05) is 18.2 Å². The number of hydrogen-bond donors (Lipinski definition) is 1. The molecule has 1 heterocycles. The van der Waals surface area contributed by atoms with Gasteiger partial charge in [-0.1, -0.05) is 50.6 Å². The molecule has 0 saturated heterocycles. The molecule has 1 N–H and O–H groups in total. The zero-order valence-electron chi connectivity index (χ0n) is 23.2. The van der Waals surface area contributed by atoms with Crippen LogP contribution in [0.5, 0.6) is 11.6 Å². The number of aryl methyl sites for hydroxylation is 1. The van der Waals surface area contributed by atoms with Crippen LogP contribution in [0.4, 0.5) is 0 Å². The first-order valence-corrected chi connectivity index (χ1v) is 13.8. The van der Waals surface area contributed by atoms with Gasteiger partial charge in [-0.2, -0.15) is 0 Å². The minimum Gasteiger partial charge on any atom is -0.489 e. The van der Waals surface area contributed by atoms with Gasteiger partial charge < -0.3 is 19.3 Å². The molecular formula is C32H36ClNO5. The number of hydrogen-bond acceptors (Lipinski definition) is 5. The second-order valence-electron chi connectivity index (χ2n) is 11.8. The summed E-state index contributed by atoms with van der Waals surface area (Å²) in [5, 5.41) is 10.2. The SMILES string of the molecule is COc1cc(-c2ccc(COc3ccc4c(c3)C3(CCC4)CC3C(=O)O)cc2C(OC)C(C)(C)C)c(Cl)cn1. The molecule has 1 saturated carbocycles. The first-order valence-electron chi connectivity index (χ1n) is 13.4. The number of fused-ring (bicyclic) bond motifs is 2. The molecule has 0 radical (unpaired) electrons. The van der Waals surface area contributed by atoms with Crippen LogP contribution >= 0.6 is 11.6 Å². The van der Waals surface area contributed by atoms with Crippen molar-refractivity contribution in [2.24, 2.45) is 11.3 Å². The van der Waals surface area contributed by atoms with E-state index in [1.165, 1.54) is 5.56 Å².